The van der Waals surface area contributed by atoms with Gasteiger partial charge >= 0.3 is 0 Å². The third kappa shape index (κ3) is 8.70. The molecule has 0 heterocycles. The van der Waals surface area contributed by atoms with E-state index in [4.69, 9.17) is 23.2 Å². The largest absolute Gasteiger partial charge is 0.748 e. The smallest absolute Gasteiger partial charge is 0.106 e. The van der Waals surface area contributed by atoms with Crippen molar-refractivity contribution >= 4 is 50.4 Å². The molecule has 0 spiro atoms. The highest BCUT2D eigenvalue weighted by atomic mass is 35.5. The lowest BCUT2D eigenvalue weighted by atomic mass is 10.2. The lowest BCUT2D eigenvalue weighted by molar-refractivity contribution is 0.460. The minimum Gasteiger partial charge on any atom is -0.748 e. The molecule has 0 aliphatic carbocycles. The maximum absolute atomic E-state index is 10.8. The number of nitrogens with zero attached hydrogens (tertiary/aromatic N) is 3. The Labute approximate surface area is 182 Å². The molecular weight excluding hydrogens is 433 g/mol. The highest BCUT2D eigenvalue weighted by molar-refractivity contribution is 7.85. The molecular formula is C20H24Cl2N3O3S-. The molecule has 2 aromatic rings. The first-order valence-corrected chi connectivity index (χ1v) is 11.8. The van der Waals surface area contributed by atoms with E-state index in [9.17, 15) is 13.0 Å². The number of azo groups is 1. The number of rotatable bonds is 11. The summed E-state index contributed by atoms with van der Waals surface area (Å²) in [5, 5.41) is 9.37. The summed E-state index contributed by atoms with van der Waals surface area (Å²) in [4.78, 5) is 2.19. The molecule has 9 heteroatoms. The van der Waals surface area contributed by atoms with Gasteiger partial charge in [0.05, 0.1) is 20.8 Å². The zero-order chi connectivity index (χ0) is 21.3. The van der Waals surface area contributed by atoms with Gasteiger partial charge in [0.1, 0.15) is 5.69 Å². The lowest BCUT2D eigenvalue weighted by Crippen LogP contribution is -2.26. The van der Waals surface area contributed by atoms with Crippen LogP contribution in [0.3, 0.4) is 0 Å². The molecule has 0 aromatic heterocycles. The maximum Gasteiger partial charge on any atom is 0.106 e. The van der Waals surface area contributed by atoms with Crippen molar-refractivity contribution in [2.24, 2.45) is 10.2 Å². The van der Waals surface area contributed by atoms with Crippen molar-refractivity contribution in [1.82, 2.24) is 0 Å². The molecule has 0 aliphatic heterocycles. The Bertz CT molecular complexity index is 919. The third-order valence-corrected chi connectivity index (χ3v) is 5.59. The Kier molecular flexibility index (Phi) is 9.36. The highest BCUT2D eigenvalue weighted by Crippen LogP contribution is 2.30. The van der Waals surface area contributed by atoms with Crippen LogP contribution < -0.4 is 4.90 Å². The fourth-order valence-corrected chi connectivity index (χ4v) is 3.58. The lowest BCUT2D eigenvalue weighted by Gasteiger charge is -2.25. The molecule has 0 amide bonds. The number of hydrogen-bond acceptors (Lipinski definition) is 6. The normalized spacial score (nSPS) is 11.9. The summed E-state index contributed by atoms with van der Waals surface area (Å²) in [7, 11) is -4.15. The Balaban J connectivity index is 2.03. The minimum absolute atomic E-state index is 0.319. The van der Waals surface area contributed by atoms with Crippen LogP contribution in [-0.2, 0) is 10.1 Å². The van der Waals surface area contributed by atoms with Crippen LogP contribution in [0, 0.1) is 0 Å². The van der Waals surface area contributed by atoms with Crippen LogP contribution in [0.15, 0.2) is 52.7 Å². The van der Waals surface area contributed by atoms with Crippen molar-refractivity contribution in [2.75, 3.05) is 23.7 Å². The topological polar surface area (TPSA) is 85.2 Å². The zero-order valence-electron chi connectivity index (χ0n) is 16.2. The summed E-state index contributed by atoms with van der Waals surface area (Å²) in [5.74, 6) is -0.319. The fraction of sp³-hybridized carbons (Fsp3) is 0.400. The van der Waals surface area contributed by atoms with E-state index in [1.807, 2.05) is 24.3 Å². The molecule has 0 saturated heterocycles. The van der Waals surface area contributed by atoms with E-state index in [2.05, 4.69) is 22.1 Å². The van der Waals surface area contributed by atoms with Gasteiger partial charge in [-0.25, -0.2) is 8.42 Å². The number of halogens is 2. The molecule has 158 valence electrons. The van der Waals surface area contributed by atoms with Crippen molar-refractivity contribution in [3.63, 3.8) is 0 Å². The molecule has 2 aromatic carbocycles. The molecule has 2 rings (SSSR count). The first kappa shape index (κ1) is 23.6. The van der Waals surface area contributed by atoms with Crippen LogP contribution in [0.5, 0.6) is 0 Å². The second-order valence-electron chi connectivity index (χ2n) is 6.62. The predicted molar refractivity (Wildman–Crippen MR) is 118 cm³/mol. The molecule has 0 bridgehead atoms. The van der Waals surface area contributed by atoms with Crippen LogP contribution in [-0.4, -0.2) is 31.8 Å². The van der Waals surface area contributed by atoms with Crippen molar-refractivity contribution in [1.29, 1.82) is 0 Å². The minimum atomic E-state index is -4.15. The van der Waals surface area contributed by atoms with Gasteiger partial charge in [-0.1, -0.05) is 36.5 Å². The fourth-order valence-electron chi connectivity index (χ4n) is 2.70. The summed E-state index contributed by atoms with van der Waals surface area (Å²) in [6, 6.07) is 12.6. The molecule has 0 atom stereocenters. The Morgan fingerprint density at radius 1 is 0.966 bits per heavy atom. The zero-order valence-corrected chi connectivity index (χ0v) is 18.6. The van der Waals surface area contributed by atoms with E-state index in [-0.39, 0.29) is 5.75 Å². The average molecular weight is 457 g/mol. The molecule has 0 unspecified atom stereocenters. The summed E-state index contributed by atoms with van der Waals surface area (Å²) >= 11 is 12.0. The van der Waals surface area contributed by atoms with Crippen molar-refractivity contribution in [3.8, 4) is 0 Å². The van der Waals surface area contributed by atoms with Crippen LogP contribution in [0.2, 0.25) is 10.0 Å². The average Bonchev–Trinajstić information content (AvgIpc) is 2.68. The van der Waals surface area contributed by atoms with Gasteiger partial charge in [0.15, 0.2) is 0 Å². The molecule has 6 nitrogen and oxygen atoms in total. The van der Waals surface area contributed by atoms with Crippen molar-refractivity contribution in [2.45, 2.75) is 32.6 Å². The van der Waals surface area contributed by atoms with Crippen LogP contribution >= 0.6 is 23.2 Å². The van der Waals surface area contributed by atoms with Gasteiger partial charge in [-0.2, -0.15) is 5.11 Å². The van der Waals surface area contributed by atoms with Crippen molar-refractivity contribution < 1.29 is 13.0 Å². The van der Waals surface area contributed by atoms with Crippen LogP contribution in [0.4, 0.5) is 17.1 Å². The third-order valence-electron chi connectivity index (χ3n) is 4.25. The molecule has 0 radical (unpaired) electrons. The van der Waals surface area contributed by atoms with Gasteiger partial charge in [-0.05, 0) is 61.7 Å². The first-order valence-electron chi connectivity index (χ1n) is 9.44. The number of benzene rings is 2. The second-order valence-corrected chi connectivity index (χ2v) is 8.99. The van der Waals surface area contributed by atoms with E-state index >= 15 is 0 Å². The number of hydrogen-bond donors (Lipinski definition) is 0. The van der Waals surface area contributed by atoms with E-state index in [0.29, 0.717) is 40.8 Å². The quantitative estimate of drug-likeness (QED) is 0.224. The van der Waals surface area contributed by atoms with Gasteiger partial charge in [-0.15, -0.1) is 5.11 Å². The molecule has 0 fully saturated rings. The van der Waals surface area contributed by atoms with Gasteiger partial charge in [0.2, 0.25) is 0 Å². The number of unbranched alkanes of at least 4 members (excludes halogenated alkanes) is 2. The van der Waals surface area contributed by atoms with Crippen molar-refractivity contribution in [3.05, 3.63) is 52.5 Å². The van der Waals surface area contributed by atoms with Gasteiger partial charge < -0.3 is 9.45 Å². The van der Waals surface area contributed by atoms with Gasteiger partial charge in [-0.3, -0.25) is 0 Å². The van der Waals surface area contributed by atoms with Crippen LogP contribution in [0.1, 0.15) is 32.6 Å². The van der Waals surface area contributed by atoms with E-state index < -0.39 is 10.1 Å². The Morgan fingerprint density at radius 3 is 2.31 bits per heavy atom. The summed E-state index contributed by atoms with van der Waals surface area (Å²) in [5.41, 5.74) is 2.20. The molecule has 29 heavy (non-hydrogen) atoms. The van der Waals surface area contributed by atoms with Crippen LogP contribution in [0.25, 0.3) is 0 Å². The SMILES string of the molecule is CCCCN(CCCCS(=O)(=O)[O-])c1ccc(N=Nc2cc(Cl)ccc2Cl)cc1. The summed E-state index contributed by atoms with van der Waals surface area (Å²) in [6.45, 7) is 3.67. The summed E-state index contributed by atoms with van der Waals surface area (Å²) in [6.07, 6.45) is 3.08. The standard InChI is InChI=1S/C20H25Cl2N3O3S/c1-2-3-12-25(13-4-5-14-29(26,27)28)18-9-7-17(8-10-18)23-24-20-15-16(21)6-11-19(20)22/h6-11,15H,2-5,12-14H2,1H3,(H,26,27,28)/p-1. The number of anilines is 1. The second kappa shape index (κ2) is 11.5. The summed E-state index contributed by atoms with van der Waals surface area (Å²) < 4.78 is 32.3. The van der Waals surface area contributed by atoms with Gasteiger partial charge in [0.25, 0.3) is 0 Å². The monoisotopic (exact) mass is 456 g/mol. The predicted octanol–water partition coefficient (Wildman–Crippen LogP) is 6.34. The Hall–Kier alpha value is -1.67. The van der Waals surface area contributed by atoms with E-state index in [0.717, 1.165) is 25.1 Å². The van der Waals surface area contributed by atoms with E-state index in [1.54, 1.807) is 18.2 Å². The molecule has 0 saturated carbocycles. The van der Waals surface area contributed by atoms with Gasteiger partial charge in [0, 0.05) is 29.6 Å². The first-order chi connectivity index (χ1) is 13.8. The van der Waals surface area contributed by atoms with E-state index in [1.165, 1.54) is 0 Å². The maximum atomic E-state index is 10.8. The Morgan fingerprint density at radius 2 is 1.66 bits per heavy atom. The highest BCUT2D eigenvalue weighted by Gasteiger charge is 2.07. The molecule has 0 aliphatic rings. The molecule has 0 N–H and O–H groups in total.